The van der Waals surface area contributed by atoms with Crippen LogP contribution in [0.2, 0.25) is 0 Å². The zero-order valence-corrected chi connectivity index (χ0v) is 12.2. The molecule has 0 bridgehead atoms. The molecule has 2 nitrogen and oxygen atoms in total. The Morgan fingerprint density at radius 2 is 1.67 bits per heavy atom. The number of benzene rings is 2. The highest BCUT2D eigenvalue weighted by molar-refractivity contribution is 9.10. The molecule has 0 spiro atoms. The smallest absolute Gasteiger partial charge is 0.173 e. The summed E-state index contributed by atoms with van der Waals surface area (Å²) in [5, 5.41) is 0. The van der Waals surface area contributed by atoms with Crippen molar-refractivity contribution in [1.29, 1.82) is 0 Å². The van der Waals surface area contributed by atoms with Crippen LogP contribution in [0.25, 0.3) is 0 Å². The fourth-order valence-electron chi connectivity index (χ4n) is 1.61. The summed E-state index contributed by atoms with van der Waals surface area (Å²) in [5.41, 5.74) is 1.22. The van der Waals surface area contributed by atoms with Crippen molar-refractivity contribution in [3.05, 3.63) is 64.6 Å². The number of hydrogen-bond donors (Lipinski definition) is 1. The molecule has 2 aromatic carbocycles. The van der Waals surface area contributed by atoms with Gasteiger partial charge in [-0.05, 0) is 30.2 Å². The van der Waals surface area contributed by atoms with Crippen molar-refractivity contribution in [1.82, 2.24) is 4.72 Å². The molecule has 0 radical (unpaired) electrons. The van der Waals surface area contributed by atoms with Gasteiger partial charge in [-0.2, -0.15) is 0 Å². The molecular weight excluding hydrogens is 310 g/mol. The molecule has 0 saturated carbocycles. The highest BCUT2D eigenvalue weighted by Crippen LogP contribution is 2.16. The van der Waals surface area contributed by atoms with Crippen molar-refractivity contribution in [2.75, 3.05) is 6.54 Å². The Morgan fingerprint density at radius 3 is 2.39 bits per heavy atom. The van der Waals surface area contributed by atoms with Crippen molar-refractivity contribution < 1.29 is 4.55 Å². The largest absolute Gasteiger partial charge is 0.593 e. The van der Waals surface area contributed by atoms with E-state index >= 15 is 0 Å². The molecule has 0 aliphatic rings. The van der Waals surface area contributed by atoms with Gasteiger partial charge in [0.15, 0.2) is 4.90 Å². The Kier molecular flexibility index (Phi) is 5.26. The topological polar surface area (TPSA) is 35.1 Å². The van der Waals surface area contributed by atoms with E-state index in [4.69, 9.17) is 0 Å². The third-order valence-electron chi connectivity index (χ3n) is 2.54. The van der Waals surface area contributed by atoms with E-state index in [1.165, 1.54) is 5.56 Å². The van der Waals surface area contributed by atoms with Crippen LogP contribution in [0, 0.1) is 0 Å². The molecule has 0 amide bonds. The second-order valence-electron chi connectivity index (χ2n) is 3.82. The van der Waals surface area contributed by atoms with Gasteiger partial charge >= 0.3 is 0 Å². The first kappa shape index (κ1) is 13.6. The summed E-state index contributed by atoms with van der Waals surface area (Å²) < 4.78 is 16.0. The molecule has 0 aromatic heterocycles. The fourth-order valence-corrected chi connectivity index (χ4v) is 2.95. The van der Waals surface area contributed by atoms with Crippen LogP contribution in [-0.2, 0) is 17.8 Å². The summed E-state index contributed by atoms with van der Waals surface area (Å²) in [6.45, 7) is 0.685. The van der Waals surface area contributed by atoms with E-state index in [0.717, 1.165) is 15.8 Å². The maximum Gasteiger partial charge on any atom is 0.173 e. The average molecular weight is 324 g/mol. The van der Waals surface area contributed by atoms with Crippen LogP contribution in [-0.4, -0.2) is 11.1 Å². The third kappa shape index (κ3) is 3.85. The zero-order valence-electron chi connectivity index (χ0n) is 9.80. The van der Waals surface area contributed by atoms with Crippen LogP contribution >= 0.6 is 15.9 Å². The fraction of sp³-hybridized carbons (Fsp3) is 0.143. The third-order valence-corrected chi connectivity index (χ3v) is 4.48. The minimum absolute atomic E-state index is 0.685. The summed E-state index contributed by atoms with van der Waals surface area (Å²) in [4.78, 5) is 0.810. The average Bonchev–Trinajstić information content (AvgIpc) is 2.42. The van der Waals surface area contributed by atoms with Crippen LogP contribution in [0.1, 0.15) is 5.56 Å². The summed E-state index contributed by atoms with van der Waals surface area (Å²) in [5.74, 6) is 0. The molecule has 2 rings (SSSR count). The molecule has 18 heavy (non-hydrogen) atoms. The molecule has 0 saturated heterocycles. The van der Waals surface area contributed by atoms with Gasteiger partial charge in [0.25, 0.3) is 0 Å². The van der Waals surface area contributed by atoms with Crippen LogP contribution in [0.5, 0.6) is 0 Å². The van der Waals surface area contributed by atoms with E-state index in [1.807, 2.05) is 48.5 Å². The van der Waals surface area contributed by atoms with E-state index in [1.54, 1.807) is 0 Å². The van der Waals surface area contributed by atoms with Gasteiger partial charge in [0.05, 0.1) is 11.4 Å². The van der Waals surface area contributed by atoms with Gasteiger partial charge in [-0.15, -0.1) is 4.72 Å². The van der Waals surface area contributed by atoms with Crippen LogP contribution in [0.4, 0.5) is 0 Å². The molecule has 0 aliphatic carbocycles. The molecule has 1 atom stereocenters. The SMILES string of the molecule is [O-][S+](NCCc1ccccc1Br)c1ccccc1. The van der Waals surface area contributed by atoms with Crippen molar-refractivity contribution in [2.24, 2.45) is 0 Å². The molecule has 1 unspecified atom stereocenters. The van der Waals surface area contributed by atoms with Crippen LogP contribution < -0.4 is 4.72 Å². The Hall–Kier alpha value is -0.810. The first-order chi connectivity index (χ1) is 8.77. The second kappa shape index (κ2) is 6.95. The highest BCUT2D eigenvalue weighted by atomic mass is 79.9. The second-order valence-corrected chi connectivity index (χ2v) is 5.97. The van der Waals surface area contributed by atoms with Crippen LogP contribution in [0.15, 0.2) is 64.0 Å². The Bertz CT molecular complexity index is 492. The predicted octanol–water partition coefficient (Wildman–Crippen LogP) is 3.30. The summed E-state index contributed by atoms with van der Waals surface area (Å²) >= 11 is 2.38. The van der Waals surface area contributed by atoms with Crippen molar-refractivity contribution >= 4 is 27.3 Å². The predicted molar refractivity (Wildman–Crippen MR) is 78.7 cm³/mol. The Morgan fingerprint density at radius 1 is 1.00 bits per heavy atom. The summed E-state index contributed by atoms with van der Waals surface area (Å²) in [6.07, 6.45) is 0.847. The lowest BCUT2D eigenvalue weighted by atomic mass is 10.2. The molecule has 4 heteroatoms. The van der Waals surface area contributed by atoms with Gasteiger partial charge < -0.3 is 4.55 Å². The van der Waals surface area contributed by atoms with Gasteiger partial charge in [-0.1, -0.05) is 52.3 Å². The quantitative estimate of drug-likeness (QED) is 0.857. The van der Waals surface area contributed by atoms with Crippen molar-refractivity contribution in [3.63, 3.8) is 0 Å². The summed E-state index contributed by atoms with van der Waals surface area (Å²) in [6, 6.07) is 17.5. The zero-order chi connectivity index (χ0) is 12.8. The van der Waals surface area contributed by atoms with Crippen LogP contribution in [0.3, 0.4) is 0 Å². The summed E-state index contributed by atoms with van der Waals surface area (Å²) in [7, 11) is 0. The van der Waals surface area contributed by atoms with Gasteiger partial charge in [-0.25, -0.2) is 0 Å². The lowest BCUT2D eigenvalue weighted by Crippen LogP contribution is -2.26. The molecule has 0 aliphatic heterocycles. The lowest BCUT2D eigenvalue weighted by molar-refractivity contribution is 0.580. The van der Waals surface area contributed by atoms with Gasteiger partial charge in [0.1, 0.15) is 0 Å². The number of rotatable bonds is 5. The monoisotopic (exact) mass is 323 g/mol. The molecule has 1 N–H and O–H groups in total. The van der Waals surface area contributed by atoms with Gasteiger partial charge in [0, 0.05) is 11.0 Å². The molecule has 2 aromatic rings. The highest BCUT2D eigenvalue weighted by Gasteiger charge is 2.09. The Balaban J connectivity index is 1.84. The standard InChI is InChI=1S/C14H14BrNOS/c15-14-9-5-4-6-12(14)10-11-16-18(17)13-7-2-1-3-8-13/h1-9,16H,10-11H2. The normalized spacial score (nSPS) is 12.3. The molecular formula is C14H14BrNOS. The maximum atomic E-state index is 11.9. The molecule has 94 valence electrons. The van der Waals surface area contributed by atoms with E-state index in [2.05, 4.69) is 26.7 Å². The first-order valence-corrected chi connectivity index (χ1v) is 7.65. The van der Waals surface area contributed by atoms with Gasteiger partial charge in [0.2, 0.25) is 0 Å². The minimum Gasteiger partial charge on any atom is -0.593 e. The van der Waals surface area contributed by atoms with E-state index in [-0.39, 0.29) is 0 Å². The van der Waals surface area contributed by atoms with E-state index < -0.39 is 11.4 Å². The number of nitrogens with one attached hydrogen (secondary N) is 1. The lowest BCUT2D eigenvalue weighted by Gasteiger charge is -2.10. The number of hydrogen-bond acceptors (Lipinski definition) is 2. The van der Waals surface area contributed by atoms with E-state index in [0.29, 0.717) is 6.54 Å². The maximum absolute atomic E-state index is 11.9. The molecule has 0 fully saturated rings. The van der Waals surface area contributed by atoms with Gasteiger partial charge in [-0.3, -0.25) is 0 Å². The van der Waals surface area contributed by atoms with Crippen molar-refractivity contribution in [3.8, 4) is 0 Å². The van der Waals surface area contributed by atoms with E-state index in [9.17, 15) is 4.55 Å². The minimum atomic E-state index is -1.13. The molecule has 0 heterocycles. The first-order valence-electron chi connectivity index (χ1n) is 5.71. The Labute approximate surface area is 119 Å². The number of halogens is 1. The van der Waals surface area contributed by atoms with Crippen molar-refractivity contribution in [2.45, 2.75) is 11.3 Å².